The van der Waals surface area contributed by atoms with E-state index in [9.17, 15) is 4.79 Å². The molecule has 5 heteroatoms. The quantitative estimate of drug-likeness (QED) is 0.794. The van der Waals surface area contributed by atoms with Crippen molar-refractivity contribution in [2.24, 2.45) is 0 Å². The van der Waals surface area contributed by atoms with Gasteiger partial charge in [-0.2, -0.15) is 0 Å². The minimum absolute atomic E-state index is 0.153. The van der Waals surface area contributed by atoms with Gasteiger partial charge < -0.3 is 19.3 Å². The Morgan fingerprint density at radius 1 is 1.00 bits per heavy atom. The van der Waals surface area contributed by atoms with Crippen LogP contribution in [0.3, 0.4) is 0 Å². The highest BCUT2D eigenvalue weighted by Gasteiger charge is 2.09. The summed E-state index contributed by atoms with van der Waals surface area (Å²) in [7, 11) is 1.47. The Labute approximate surface area is 122 Å². The molecule has 0 unspecified atom stereocenters. The predicted molar refractivity (Wildman–Crippen MR) is 77.4 cm³/mol. The van der Waals surface area contributed by atoms with Gasteiger partial charge >= 0.3 is 5.97 Å². The Balaban J connectivity index is 1.89. The van der Waals surface area contributed by atoms with Crippen molar-refractivity contribution in [3.63, 3.8) is 0 Å². The molecule has 0 aliphatic rings. The van der Waals surface area contributed by atoms with Gasteiger partial charge in [-0.3, -0.25) is 0 Å². The lowest BCUT2D eigenvalue weighted by atomic mass is 10.2. The Hall–Kier alpha value is -2.69. The van der Waals surface area contributed by atoms with Gasteiger partial charge in [0.25, 0.3) is 0 Å². The minimum Gasteiger partial charge on any atom is -0.493 e. The third-order valence-electron chi connectivity index (χ3n) is 2.76. The van der Waals surface area contributed by atoms with E-state index in [1.165, 1.54) is 19.2 Å². The van der Waals surface area contributed by atoms with Gasteiger partial charge in [-0.1, -0.05) is 18.2 Å². The van der Waals surface area contributed by atoms with Crippen LogP contribution in [0, 0.1) is 0 Å². The summed E-state index contributed by atoms with van der Waals surface area (Å²) in [6, 6.07) is 13.9. The first-order valence-corrected chi connectivity index (χ1v) is 6.42. The second-order valence-electron chi connectivity index (χ2n) is 4.18. The molecule has 0 heterocycles. The highest BCUT2D eigenvalue weighted by atomic mass is 16.5. The predicted octanol–water partition coefficient (Wildman–Crippen LogP) is 2.85. The van der Waals surface area contributed by atoms with Crippen molar-refractivity contribution < 1.29 is 24.1 Å². The van der Waals surface area contributed by atoms with Crippen molar-refractivity contribution >= 4 is 5.97 Å². The second-order valence-corrected chi connectivity index (χ2v) is 4.18. The van der Waals surface area contributed by atoms with E-state index in [1.54, 1.807) is 6.07 Å². The molecule has 2 rings (SSSR count). The fourth-order valence-electron chi connectivity index (χ4n) is 1.75. The number of carboxylic acid groups (broad SMARTS) is 1. The van der Waals surface area contributed by atoms with E-state index in [0.717, 1.165) is 5.75 Å². The topological polar surface area (TPSA) is 65.0 Å². The summed E-state index contributed by atoms with van der Waals surface area (Å²) < 4.78 is 16.2. The van der Waals surface area contributed by atoms with Crippen molar-refractivity contribution in [1.82, 2.24) is 0 Å². The number of hydrogen-bond donors (Lipinski definition) is 1. The first-order valence-electron chi connectivity index (χ1n) is 6.42. The normalized spacial score (nSPS) is 9.95. The lowest BCUT2D eigenvalue weighted by Gasteiger charge is -2.12. The van der Waals surface area contributed by atoms with Gasteiger partial charge in [0.2, 0.25) is 0 Å². The zero-order valence-electron chi connectivity index (χ0n) is 11.6. The van der Waals surface area contributed by atoms with Crippen LogP contribution in [0.25, 0.3) is 0 Å². The van der Waals surface area contributed by atoms with E-state index in [0.29, 0.717) is 24.7 Å². The molecule has 1 N–H and O–H groups in total. The Morgan fingerprint density at radius 2 is 1.71 bits per heavy atom. The Morgan fingerprint density at radius 3 is 2.38 bits per heavy atom. The highest BCUT2D eigenvalue weighted by molar-refractivity contribution is 5.88. The summed E-state index contributed by atoms with van der Waals surface area (Å²) in [6.07, 6.45) is 0. The molecule has 0 saturated heterocycles. The van der Waals surface area contributed by atoms with Gasteiger partial charge in [0.1, 0.15) is 19.0 Å². The molecule has 0 fully saturated rings. The van der Waals surface area contributed by atoms with Crippen LogP contribution in [-0.2, 0) is 0 Å². The number of aromatic carboxylic acids is 1. The second kappa shape index (κ2) is 7.19. The van der Waals surface area contributed by atoms with Gasteiger partial charge in [0.05, 0.1) is 12.7 Å². The van der Waals surface area contributed by atoms with E-state index in [-0.39, 0.29) is 5.56 Å². The van der Waals surface area contributed by atoms with E-state index in [2.05, 4.69) is 0 Å². The molecule has 21 heavy (non-hydrogen) atoms. The van der Waals surface area contributed by atoms with Crippen LogP contribution < -0.4 is 14.2 Å². The van der Waals surface area contributed by atoms with E-state index in [1.807, 2.05) is 30.3 Å². The number of rotatable bonds is 7. The molecule has 0 radical (unpaired) electrons. The highest BCUT2D eigenvalue weighted by Crippen LogP contribution is 2.28. The van der Waals surface area contributed by atoms with Crippen molar-refractivity contribution in [2.75, 3.05) is 20.3 Å². The van der Waals surface area contributed by atoms with Crippen LogP contribution in [0.1, 0.15) is 10.4 Å². The smallest absolute Gasteiger partial charge is 0.335 e. The molecule has 0 amide bonds. The summed E-state index contributed by atoms with van der Waals surface area (Å²) in [5.74, 6) is 0.635. The van der Waals surface area contributed by atoms with Gasteiger partial charge in [-0.25, -0.2) is 4.79 Å². The van der Waals surface area contributed by atoms with Gasteiger partial charge in [-0.05, 0) is 30.3 Å². The average molecular weight is 288 g/mol. The number of ether oxygens (including phenoxy) is 3. The molecule has 5 nitrogen and oxygen atoms in total. The minimum atomic E-state index is -1.01. The molecule has 0 aromatic heterocycles. The Kier molecular flexibility index (Phi) is 5.04. The molecule has 0 atom stereocenters. The fourth-order valence-corrected chi connectivity index (χ4v) is 1.75. The van der Waals surface area contributed by atoms with Gasteiger partial charge in [0.15, 0.2) is 11.5 Å². The molecule has 2 aromatic rings. The van der Waals surface area contributed by atoms with Crippen molar-refractivity contribution in [2.45, 2.75) is 0 Å². The van der Waals surface area contributed by atoms with Gasteiger partial charge in [-0.15, -0.1) is 0 Å². The zero-order chi connectivity index (χ0) is 15.1. The molecule has 0 aliphatic heterocycles. The largest absolute Gasteiger partial charge is 0.493 e. The standard InChI is InChI=1S/C16H16O5/c1-19-15-11-12(16(17)18)7-8-14(15)21-10-9-20-13-5-3-2-4-6-13/h2-8,11H,9-10H2,1H3,(H,17,18). The molecular weight excluding hydrogens is 272 g/mol. The maximum Gasteiger partial charge on any atom is 0.335 e. The molecule has 110 valence electrons. The lowest BCUT2D eigenvalue weighted by molar-refractivity contribution is 0.0696. The number of hydrogen-bond acceptors (Lipinski definition) is 4. The molecule has 2 aromatic carbocycles. The first kappa shape index (κ1) is 14.7. The molecule has 0 aliphatic carbocycles. The first-order chi connectivity index (χ1) is 10.2. The molecule has 0 bridgehead atoms. The lowest BCUT2D eigenvalue weighted by Crippen LogP contribution is -2.09. The summed E-state index contributed by atoms with van der Waals surface area (Å²) in [4.78, 5) is 10.9. The number of benzene rings is 2. The number of carbonyl (C=O) groups is 1. The van der Waals surface area contributed by atoms with Crippen LogP contribution >= 0.6 is 0 Å². The van der Waals surface area contributed by atoms with Crippen LogP contribution in [0.5, 0.6) is 17.2 Å². The molecule has 0 spiro atoms. The summed E-state index contributed by atoms with van der Waals surface area (Å²) in [5, 5.41) is 8.92. The third kappa shape index (κ3) is 4.14. The van der Waals surface area contributed by atoms with Crippen molar-refractivity contribution in [3.05, 3.63) is 54.1 Å². The van der Waals surface area contributed by atoms with Crippen LogP contribution in [-0.4, -0.2) is 31.4 Å². The van der Waals surface area contributed by atoms with Crippen molar-refractivity contribution in [1.29, 1.82) is 0 Å². The van der Waals surface area contributed by atoms with Crippen LogP contribution in [0.15, 0.2) is 48.5 Å². The monoisotopic (exact) mass is 288 g/mol. The van der Waals surface area contributed by atoms with Gasteiger partial charge in [0, 0.05) is 0 Å². The summed E-state index contributed by atoms with van der Waals surface area (Å²) in [5.41, 5.74) is 0.153. The SMILES string of the molecule is COc1cc(C(=O)O)ccc1OCCOc1ccccc1. The number of methoxy groups -OCH3 is 1. The number of carboxylic acids is 1. The number of para-hydroxylation sites is 1. The Bertz CT molecular complexity index is 595. The van der Waals surface area contributed by atoms with E-state index >= 15 is 0 Å². The van der Waals surface area contributed by atoms with Crippen LogP contribution in [0.2, 0.25) is 0 Å². The van der Waals surface area contributed by atoms with E-state index in [4.69, 9.17) is 19.3 Å². The zero-order valence-corrected chi connectivity index (χ0v) is 11.6. The molecule has 0 saturated carbocycles. The average Bonchev–Trinajstić information content (AvgIpc) is 2.52. The summed E-state index contributed by atoms with van der Waals surface area (Å²) >= 11 is 0. The maximum absolute atomic E-state index is 10.9. The summed E-state index contributed by atoms with van der Waals surface area (Å²) in [6.45, 7) is 0.714. The van der Waals surface area contributed by atoms with E-state index < -0.39 is 5.97 Å². The maximum atomic E-state index is 10.9. The van der Waals surface area contributed by atoms with Crippen molar-refractivity contribution in [3.8, 4) is 17.2 Å². The van der Waals surface area contributed by atoms with Crippen LogP contribution in [0.4, 0.5) is 0 Å². The molecular formula is C16H16O5. The fraction of sp³-hybridized carbons (Fsp3) is 0.188. The third-order valence-corrected chi connectivity index (χ3v) is 2.76.